The average Bonchev–Trinajstić information content (AvgIpc) is 2.96. The van der Waals surface area contributed by atoms with E-state index in [1.165, 1.54) is 0 Å². The van der Waals surface area contributed by atoms with Crippen LogP contribution in [0.5, 0.6) is 5.75 Å². The van der Waals surface area contributed by atoms with Crippen molar-refractivity contribution in [2.75, 3.05) is 6.61 Å². The number of hydrogen-bond acceptors (Lipinski definition) is 5. The standard InChI is InChI=1S/C18H24N2O3/c1-12(2)18(19)16(21)11-22-17-7-5-4-6-14(17)8-9-15-10-13(3)20-23-15/h4-10,12,16,18,21H,11,19H2,1-3H3/b9-8+. The van der Waals surface area contributed by atoms with Crippen molar-refractivity contribution < 1.29 is 14.4 Å². The summed E-state index contributed by atoms with van der Waals surface area (Å²) in [4.78, 5) is 0. The van der Waals surface area contributed by atoms with E-state index in [0.29, 0.717) is 11.5 Å². The zero-order chi connectivity index (χ0) is 16.8. The molecule has 2 atom stereocenters. The SMILES string of the molecule is Cc1cc(/C=C/c2ccccc2OCC(O)C(N)C(C)C)on1. The van der Waals surface area contributed by atoms with Gasteiger partial charge in [0.15, 0.2) is 5.76 Å². The van der Waals surface area contributed by atoms with Gasteiger partial charge in [-0.25, -0.2) is 0 Å². The van der Waals surface area contributed by atoms with Crippen LogP contribution in [0, 0.1) is 12.8 Å². The predicted octanol–water partition coefficient (Wildman–Crippen LogP) is 2.88. The molecule has 0 aliphatic rings. The van der Waals surface area contributed by atoms with E-state index in [0.717, 1.165) is 11.3 Å². The van der Waals surface area contributed by atoms with Crippen molar-refractivity contribution in [2.45, 2.75) is 32.9 Å². The van der Waals surface area contributed by atoms with Crippen molar-refractivity contribution in [1.82, 2.24) is 5.16 Å². The predicted molar refractivity (Wildman–Crippen MR) is 90.9 cm³/mol. The number of para-hydroxylation sites is 1. The molecule has 0 aliphatic heterocycles. The number of aryl methyl sites for hydroxylation is 1. The van der Waals surface area contributed by atoms with Crippen molar-refractivity contribution in [1.29, 1.82) is 0 Å². The van der Waals surface area contributed by atoms with Gasteiger partial charge >= 0.3 is 0 Å². The number of aliphatic hydroxyl groups is 1. The maximum atomic E-state index is 10.1. The minimum absolute atomic E-state index is 0.158. The first-order valence-corrected chi connectivity index (χ1v) is 7.74. The van der Waals surface area contributed by atoms with Gasteiger partial charge in [-0.15, -0.1) is 0 Å². The van der Waals surface area contributed by atoms with E-state index >= 15 is 0 Å². The fraction of sp³-hybridized carbons (Fsp3) is 0.389. The third-order valence-corrected chi connectivity index (χ3v) is 3.62. The van der Waals surface area contributed by atoms with Crippen LogP contribution in [-0.2, 0) is 0 Å². The van der Waals surface area contributed by atoms with Gasteiger partial charge < -0.3 is 20.1 Å². The lowest BCUT2D eigenvalue weighted by Crippen LogP contribution is -2.42. The molecule has 2 rings (SSSR count). The minimum Gasteiger partial charge on any atom is -0.490 e. The Bertz CT molecular complexity index is 649. The highest BCUT2D eigenvalue weighted by Crippen LogP contribution is 2.21. The summed E-state index contributed by atoms with van der Waals surface area (Å²) in [6.07, 6.45) is 3.02. The van der Waals surface area contributed by atoms with Gasteiger partial charge in [0.05, 0.1) is 5.69 Å². The highest BCUT2D eigenvalue weighted by Gasteiger charge is 2.19. The van der Waals surface area contributed by atoms with E-state index in [9.17, 15) is 5.11 Å². The van der Waals surface area contributed by atoms with Gasteiger partial charge in [-0.3, -0.25) is 0 Å². The molecule has 0 saturated carbocycles. The van der Waals surface area contributed by atoms with Crippen LogP contribution in [-0.4, -0.2) is 29.0 Å². The molecule has 5 heteroatoms. The second kappa shape index (κ2) is 7.94. The first kappa shape index (κ1) is 17.2. The van der Waals surface area contributed by atoms with Gasteiger partial charge in [-0.1, -0.05) is 37.2 Å². The molecule has 2 aromatic rings. The minimum atomic E-state index is -0.705. The van der Waals surface area contributed by atoms with Gasteiger partial charge in [-0.05, 0) is 31.1 Å². The molecule has 3 N–H and O–H groups in total. The number of ether oxygens (including phenoxy) is 1. The number of nitrogens with two attached hydrogens (primary N) is 1. The monoisotopic (exact) mass is 316 g/mol. The topological polar surface area (TPSA) is 81.5 Å². The van der Waals surface area contributed by atoms with E-state index in [2.05, 4.69) is 5.16 Å². The molecule has 0 radical (unpaired) electrons. The van der Waals surface area contributed by atoms with Crippen molar-refractivity contribution in [3.63, 3.8) is 0 Å². The summed E-state index contributed by atoms with van der Waals surface area (Å²) in [7, 11) is 0. The first-order chi connectivity index (χ1) is 11.0. The van der Waals surface area contributed by atoms with Crippen molar-refractivity contribution in [2.24, 2.45) is 11.7 Å². The Kier molecular flexibility index (Phi) is 5.96. The highest BCUT2D eigenvalue weighted by molar-refractivity contribution is 5.70. The molecule has 5 nitrogen and oxygen atoms in total. The summed E-state index contributed by atoms with van der Waals surface area (Å²) in [5.41, 5.74) is 7.66. The van der Waals surface area contributed by atoms with E-state index < -0.39 is 6.10 Å². The summed E-state index contributed by atoms with van der Waals surface area (Å²) in [5, 5.41) is 13.9. The van der Waals surface area contributed by atoms with Gasteiger partial charge in [-0.2, -0.15) is 0 Å². The van der Waals surface area contributed by atoms with Gasteiger partial charge in [0.25, 0.3) is 0 Å². The molecule has 0 amide bonds. The van der Waals surface area contributed by atoms with Crippen molar-refractivity contribution in [3.05, 3.63) is 47.3 Å². The largest absolute Gasteiger partial charge is 0.490 e. The smallest absolute Gasteiger partial charge is 0.159 e. The Morgan fingerprint density at radius 2 is 2.04 bits per heavy atom. The van der Waals surface area contributed by atoms with Crippen molar-refractivity contribution in [3.8, 4) is 5.75 Å². The number of benzene rings is 1. The van der Waals surface area contributed by atoms with Crippen LogP contribution < -0.4 is 10.5 Å². The summed E-state index contributed by atoms with van der Waals surface area (Å²) in [5.74, 6) is 1.56. The van der Waals surface area contributed by atoms with E-state index in [1.54, 1.807) is 0 Å². The van der Waals surface area contributed by atoms with Crippen LogP contribution in [0.3, 0.4) is 0 Å². The lowest BCUT2D eigenvalue weighted by atomic mass is 10.0. The third-order valence-electron chi connectivity index (χ3n) is 3.62. The zero-order valence-electron chi connectivity index (χ0n) is 13.8. The highest BCUT2D eigenvalue weighted by atomic mass is 16.5. The molecule has 0 spiro atoms. The van der Waals surface area contributed by atoms with Crippen LogP contribution in [0.1, 0.15) is 30.9 Å². The van der Waals surface area contributed by atoms with Gasteiger partial charge in [0, 0.05) is 17.7 Å². The van der Waals surface area contributed by atoms with Crippen LogP contribution >= 0.6 is 0 Å². The molecule has 2 unspecified atom stereocenters. The summed E-state index contributed by atoms with van der Waals surface area (Å²) in [6.45, 7) is 5.98. The lowest BCUT2D eigenvalue weighted by Gasteiger charge is -2.22. The Balaban J connectivity index is 2.04. The summed E-state index contributed by atoms with van der Waals surface area (Å²) < 4.78 is 10.9. The number of aromatic nitrogens is 1. The summed E-state index contributed by atoms with van der Waals surface area (Å²) >= 11 is 0. The molecular weight excluding hydrogens is 292 g/mol. The van der Waals surface area contributed by atoms with Gasteiger partial charge in [0.2, 0.25) is 0 Å². The number of nitrogens with zero attached hydrogens (tertiary/aromatic N) is 1. The molecule has 1 aromatic heterocycles. The normalized spacial score (nSPS) is 14.3. The molecule has 0 saturated heterocycles. The second-order valence-corrected chi connectivity index (χ2v) is 5.94. The van der Waals surface area contributed by atoms with Crippen LogP contribution in [0.2, 0.25) is 0 Å². The number of aliphatic hydroxyl groups excluding tert-OH is 1. The fourth-order valence-electron chi connectivity index (χ4n) is 2.11. The Hall–Kier alpha value is -2.11. The fourth-order valence-corrected chi connectivity index (χ4v) is 2.11. The van der Waals surface area contributed by atoms with Crippen LogP contribution in [0.15, 0.2) is 34.9 Å². The summed E-state index contributed by atoms with van der Waals surface area (Å²) in [6, 6.07) is 9.15. The molecule has 1 aromatic carbocycles. The quantitative estimate of drug-likeness (QED) is 0.821. The molecule has 0 aliphatic carbocycles. The Morgan fingerprint density at radius 1 is 1.30 bits per heavy atom. The third kappa shape index (κ3) is 4.94. The van der Waals surface area contributed by atoms with E-state index in [1.807, 2.05) is 63.3 Å². The average molecular weight is 316 g/mol. The lowest BCUT2D eigenvalue weighted by molar-refractivity contribution is 0.0714. The molecular formula is C18H24N2O3. The molecule has 1 heterocycles. The second-order valence-electron chi connectivity index (χ2n) is 5.94. The Morgan fingerprint density at radius 3 is 2.70 bits per heavy atom. The zero-order valence-corrected chi connectivity index (χ0v) is 13.8. The van der Waals surface area contributed by atoms with Gasteiger partial charge in [0.1, 0.15) is 18.5 Å². The maximum absolute atomic E-state index is 10.1. The molecule has 23 heavy (non-hydrogen) atoms. The molecule has 124 valence electrons. The first-order valence-electron chi connectivity index (χ1n) is 7.74. The van der Waals surface area contributed by atoms with Crippen molar-refractivity contribution >= 4 is 12.2 Å². The maximum Gasteiger partial charge on any atom is 0.159 e. The number of hydrogen-bond donors (Lipinski definition) is 2. The van der Waals surface area contributed by atoms with Crippen LogP contribution in [0.25, 0.3) is 12.2 Å². The van der Waals surface area contributed by atoms with E-state index in [4.69, 9.17) is 15.0 Å². The van der Waals surface area contributed by atoms with Crippen LogP contribution in [0.4, 0.5) is 0 Å². The Labute approximate surface area is 136 Å². The number of rotatable bonds is 7. The molecule has 0 fully saturated rings. The van der Waals surface area contributed by atoms with E-state index in [-0.39, 0.29) is 18.6 Å². The molecule has 0 bridgehead atoms.